The summed E-state index contributed by atoms with van der Waals surface area (Å²) in [5, 5.41) is 6.70. The Morgan fingerprint density at radius 3 is 2.10 bits per heavy atom. The monoisotopic (exact) mass is 142 g/mol. The van der Waals surface area contributed by atoms with E-state index in [4.69, 9.17) is 4.74 Å². The molecule has 0 aliphatic carbocycles. The van der Waals surface area contributed by atoms with Crippen LogP contribution in [0.25, 0.3) is 0 Å². The molecular formula is C7H14N2O. The molecule has 3 nitrogen and oxygen atoms in total. The largest absolute Gasteiger partial charge is 0.372 e. The Hall–Kier alpha value is -0.120. The highest BCUT2D eigenvalue weighted by atomic mass is 16.5. The fraction of sp³-hybridized carbons (Fsp3) is 1.00. The van der Waals surface area contributed by atoms with Crippen molar-refractivity contribution in [3.05, 3.63) is 0 Å². The van der Waals surface area contributed by atoms with Crippen molar-refractivity contribution >= 4 is 0 Å². The van der Waals surface area contributed by atoms with Crippen LogP contribution in [0.5, 0.6) is 0 Å². The highest BCUT2D eigenvalue weighted by molar-refractivity contribution is 4.93. The van der Waals surface area contributed by atoms with Gasteiger partial charge < -0.3 is 15.4 Å². The molecule has 10 heavy (non-hydrogen) atoms. The first-order chi connectivity index (χ1) is 4.91. The first kappa shape index (κ1) is 6.58. The van der Waals surface area contributed by atoms with E-state index in [0.29, 0.717) is 0 Å². The molecule has 1 spiro atoms. The zero-order valence-electron chi connectivity index (χ0n) is 6.15. The molecule has 58 valence electrons. The van der Waals surface area contributed by atoms with E-state index in [0.717, 1.165) is 32.8 Å². The Morgan fingerprint density at radius 2 is 1.70 bits per heavy atom. The van der Waals surface area contributed by atoms with Gasteiger partial charge in [0.15, 0.2) is 0 Å². The van der Waals surface area contributed by atoms with E-state index < -0.39 is 0 Å². The summed E-state index contributed by atoms with van der Waals surface area (Å²) in [6.45, 7) is 5.15. The first-order valence-electron chi connectivity index (χ1n) is 3.97. The quantitative estimate of drug-likeness (QED) is 0.471. The van der Waals surface area contributed by atoms with Gasteiger partial charge in [0.25, 0.3) is 0 Å². The van der Waals surface area contributed by atoms with Gasteiger partial charge in [0.05, 0.1) is 12.2 Å². The van der Waals surface area contributed by atoms with Gasteiger partial charge in [-0.3, -0.25) is 0 Å². The summed E-state index contributed by atoms with van der Waals surface area (Å²) in [6.07, 6.45) is 1.22. The molecule has 0 saturated carbocycles. The molecule has 0 atom stereocenters. The number of rotatable bonds is 0. The summed E-state index contributed by atoms with van der Waals surface area (Å²) < 4.78 is 5.51. The van der Waals surface area contributed by atoms with Gasteiger partial charge in [0, 0.05) is 32.6 Å². The summed E-state index contributed by atoms with van der Waals surface area (Å²) in [6, 6.07) is 0. The smallest absolute Gasteiger partial charge is 0.0951 e. The van der Waals surface area contributed by atoms with Gasteiger partial charge in [-0.25, -0.2) is 0 Å². The molecule has 2 rings (SSSR count). The second kappa shape index (κ2) is 2.49. The Balaban J connectivity index is 1.92. The molecule has 0 amide bonds. The van der Waals surface area contributed by atoms with E-state index in [1.54, 1.807) is 0 Å². The third kappa shape index (κ3) is 1.05. The molecule has 2 aliphatic rings. The summed E-state index contributed by atoms with van der Waals surface area (Å²) in [7, 11) is 0. The Kier molecular flexibility index (Phi) is 1.64. The molecule has 0 radical (unpaired) electrons. The van der Waals surface area contributed by atoms with E-state index in [1.165, 1.54) is 6.42 Å². The van der Waals surface area contributed by atoms with Crippen LogP contribution in [-0.4, -0.2) is 38.4 Å². The number of nitrogens with one attached hydrogen (secondary N) is 2. The van der Waals surface area contributed by atoms with Crippen molar-refractivity contribution in [2.75, 3.05) is 32.8 Å². The maximum absolute atomic E-state index is 5.51. The lowest BCUT2D eigenvalue weighted by molar-refractivity contribution is -0.138. The zero-order valence-corrected chi connectivity index (χ0v) is 6.15. The lowest BCUT2D eigenvalue weighted by Gasteiger charge is -2.41. The lowest BCUT2D eigenvalue weighted by Crippen LogP contribution is -2.54. The third-order valence-corrected chi connectivity index (χ3v) is 2.34. The lowest BCUT2D eigenvalue weighted by atomic mass is 9.95. The van der Waals surface area contributed by atoms with Crippen molar-refractivity contribution in [1.82, 2.24) is 10.6 Å². The summed E-state index contributed by atoms with van der Waals surface area (Å²) in [5.74, 6) is 0. The summed E-state index contributed by atoms with van der Waals surface area (Å²) >= 11 is 0. The fourth-order valence-electron chi connectivity index (χ4n) is 1.54. The van der Waals surface area contributed by atoms with Crippen molar-refractivity contribution in [3.8, 4) is 0 Å². The van der Waals surface area contributed by atoms with Gasteiger partial charge in [-0.15, -0.1) is 0 Å². The second-order valence-corrected chi connectivity index (χ2v) is 3.14. The normalized spacial score (nSPS) is 31.2. The van der Waals surface area contributed by atoms with E-state index in [2.05, 4.69) is 10.6 Å². The van der Waals surface area contributed by atoms with Gasteiger partial charge in [0.1, 0.15) is 0 Å². The summed E-state index contributed by atoms with van der Waals surface area (Å²) in [4.78, 5) is 0. The van der Waals surface area contributed by atoms with Gasteiger partial charge in [0.2, 0.25) is 0 Å². The molecule has 0 unspecified atom stereocenters. The predicted molar refractivity (Wildman–Crippen MR) is 39.0 cm³/mol. The van der Waals surface area contributed by atoms with Gasteiger partial charge in [-0.2, -0.15) is 0 Å². The van der Waals surface area contributed by atoms with Crippen LogP contribution in [0, 0.1) is 0 Å². The minimum absolute atomic E-state index is 0.163. The zero-order chi connectivity index (χ0) is 6.86. The van der Waals surface area contributed by atoms with E-state index in [-0.39, 0.29) is 5.60 Å². The Morgan fingerprint density at radius 1 is 1.10 bits per heavy atom. The minimum atomic E-state index is 0.163. The molecule has 0 bridgehead atoms. The molecule has 3 heteroatoms. The fourth-order valence-corrected chi connectivity index (χ4v) is 1.54. The second-order valence-electron chi connectivity index (χ2n) is 3.14. The van der Waals surface area contributed by atoms with Crippen LogP contribution in [0.4, 0.5) is 0 Å². The van der Waals surface area contributed by atoms with Crippen LogP contribution in [0.1, 0.15) is 6.42 Å². The average molecular weight is 142 g/mol. The number of ether oxygens (including phenoxy) is 1. The number of hydrogen-bond acceptors (Lipinski definition) is 3. The van der Waals surface area contributed by atoms with Crippen LogP contribution < -0.4 is 10.6 Å². The van der Waals surface area contributed by atoms with Gasteiger partial charge in [-0.05, 0) is 0 Å². The maximum atomic E-state index is 5.51. The molecule has 0 aromatic carbocycles. The van der Waals surface area contributed by atoms with Crippen molar-refractivity contribution in [3.63, 3.8) is 0 Å². The van der Waals surface area contributed by atoms with E-state index in [9.17, 15) is 0 Å². The van der Waals surface area contributed by atoms with Crippen molar-refractivity contribution in [2.24, 2.45) is 0 Å². The molecular weight excluding hydrogens is 128 g/mol. The van der Waals surface area contributed by atoms with E-state index >= 15 is 0 Å². The van der Waals surface area contributed by atoms with Gasteiger partial charge >= 0.3 is 0 Å². The average Bonchev–Trinajstić information content (AvgIpc) is 2.08. The molecule has 2 N–H and O–H groups in total. The SMILES string of the molecule is C1CNCC2(CCO2)CN1. The molecule has 2 saturated heterocycles. The van der Waals surface area contributed by atoms with E-state index in [1.807, 2.05) is 0 Å². The topological polar surface area (TPSA) is 33.3 Å². The molecule has 0 aromatic heterocycles. The summed E-state index contributed by atoms with van der Waals surface area (Å²) in [5.41, 5.74) is 0.163. The van der Waals surface area contributed by atoms with Crippen LogP contribution in [-0.2, 0) is 4.74 Å². The Labute approximate surface area is 61.1 Å². The van der Waals surface area contributed by atoms with Crippen LogP contribution in [0.15, 0.2) is 0 Å². The standard InChI is InChI=1S/C7H14N2O/c1-4-10-7(1)5-8-2-3-9-6-7/h8-9H,1-6H2. The molecule has 2 fully saturated rings. The van der Waals surface area contributed by atoms with Gasteiger partial charge in [-0.1, -0.05) is 0 Å². The number of hydrogen-bond donors (Lipinski definition) is 2. The van der Waals surface area contributed by atoms with Crippen molar-refractivity contribution < 1.29 is 4.74 Å². The Bertz CT molecular complexity index is 113. The highest BCUT2D eigenvalue weighted by Crippen LogP contribution is 2.25. The van der Waals surface area contributed by atoms with Crippen molar-refractivity contribution in [1.29, 1.82) is 0 Å². The van der Waals surface area contributed by atoms with Crippen LogP contribution >= 0.6 is 0 Å². The highest BCUT2D eigenvalue weighted by Gasteiger charge is 2.38. The predicted octanol–water partition coefficient (Wildman–Crippen LogP) is -0.662. The van der Waals surface area contributed by atoms with Crippen molar-refractivity contribution in [2.45, 2.75) is 12.0 Å². The maximum Gasteiger partial charge on any atom is 0.0951 e. The molecule has 2 heterocycles. The first-order valence-corrected chi connectivity index (χ1v) is 3.97. The molecule has 0 aromatic rings. The van der Waals surface area contributed by atoms with Crippen LogP contribution in [0.3, 0.4) is 0 Å². The minimum Gasteiger partial charge on any atom is -0.372 e. The van der Waals surface area contributed by atoms with Crippen LogP contribution in [0.2, 0.25) is 0 Å². The third-order valence-electron chi connectivity index (χ3n) is 2.34. The molecule has 2 aliphatic heterocycles.